The molecule has 60 valence electrons. The van der Waals surface area contributed by atoms with E-state index in [9.17, 15) is 4.79 Å². The van der Waals surface area contributed by atoms with E-state index in [1.807, 2.05) is 11.0 Å². The third kappa shape index (κ3) is 0.817. The zero-order chi connectivity index (χ0) is 8.01. The number of amides is 1. The van der Waals surface area contributed by atoms with Gasteiger partial charge in [-0.05, 0) is 5.92 Å². The topological polar surface area (TPSA) is 20.3 Å². The molecule has 0 aromatic rings. The van der Waals surface area contributed by atoms with E-state index in [4.69, 9.17) is 0 Å². The summed E-state index contributed by atoms with van der Waals surface area (Å²) in [6, 6.07) is 0.463. The van der Waals surface area contributed by atoms with Crippen molar-refractivity contribution in [1.29, 1.82) is 0 Å². The first-order chi connectivity index (χ1) is 5.20. The van der Waals surface area contributed by atoms with Crippen LogP contribution < -0.4 is 0 Å². The van der Waals surface area contributed by atoms with Gasteiger partial charge >= 0.3 is 0 Å². The Morgan fingerprint density at radius 1 is 1.55 bits per heavy atom. The second-order valence-electron chi connectivity index (χ2n) is 3.79. The number of fused-ring (bicyclic) bond motifs is 1. The first-order valence-electron chi connectivity index (χ1n) is 4.19. The first-order valence-corrected chi connectivity index (χ1v) is 4.19. The largest absolute Gasteiger partial charge is 0.334 e. The number of rotatable bonds is 2. The third-order valence-corrected chi connectivity index (χ3v) is 2.37. The van der Waals surface area contributed by atoms with Gasteiger partial charge in [-0.15, -0.1) is 0 Å². The molecule has 2 aliphatic rings. The monoisotopic (exact) mass is 151 g/mol. The van der Waals surface area contributed by atoms with Crippen LogP contribution in [0.25, 0.3) is 0 Å². The van der Waals surface area contributed by atoms with Crippen molar-refractivity contribution < 1.29 is 4.79 Å². The molecule has 1 aliphatic heterocycles. The molecule has 0 spiro atoms. The molecule has 1 fully saturated rings. The third-order valence-electron chi connectivity index (χ3n) is 2.37. The molecule has 0 bridgehead atoms. The molecule has 0 unspecified atom stereocenters. The van der Waals surface area contributed by atoms with Crippen LogP contribution in [0.15, 0.2) is 12.2 Å². The van der Waals surface area contributed by atoms with Crippen molar-refractivity contribution in [2.45, 2.75) is 19.9 Å². The summed E-state index contributed by atoms with van der Waals surface area (Å²) in [4.78, 5) is 13.2. The van der Waals surface area contributed by atoms with Crippen molar-refractivity contribution in [3.8, 4) is 0 Å². The normalized spacial score (nSPS) is 33.4. The van der Waals surface area contributed by atoms with Gasteiger partial charge in [-0.2, -0.15) is 0 Å². The van der Waals surface area contributed by atoms with Crippen molar-refractivity contribution in [1.82, 2.24) is 4.90 Å². The molecule has 1 aliphatic carbocycles. The lowest BCUT2D eigenvalue weighted by atomic mass is 9.78. The fraction of sp³-hybridized carbons (Fsp3) is 0.667. The maximum Gasteiger partial charge on any atom is 0.232 e. The summed E-state index contributed by atoms with van der Waals surface area (Å²) in [6.07, 6.45) is 4.12. The van der Waals surface area contributed by atoms with Crippen LogP contribution in [0.5, 0.6) is 0 Å². The first kappa shape index (κ1) is 6.89. The zero-order valence-electron chi connectivity index (χ0n) is 6.95. The molecule has 0 N–H and O–H groups in total. The van der Waals surface area contributed by atoms with Gasteiger partial charge in [0.1, 0.15) is 0 Å². The smallest absolute Gasteiger partial charge is 0.232 e. The Labute approximate surface area is 66.9 Å². The number of hydrogen-bond donors (Lipinski definition) is 0. The van der Waals surface area contributed by atoms with Crippen LogP contribution in [0.4, 0.5) is 0 Å². The van der Waals surface area contributed by atoms with Gasteiger partial charge in [0.2, 0.25) is 5.91 Å². The van der Waals surface area contributed by atoms with Gasteiger partial charge in [0, 0.05) is 6.54 Å². The van der Waals surface area contributed by atoms with Gasteiger partial charge in [-0.3, -0.25) is 4.79 Å². The summed E-state index contributed by atoms with van der Waals surface area (Å²) in [7, 11) is 0. The van der Waals surface area contributed by atoms with Gasteiger partial charge in [0.05, 0.1) is 12.0 Å². The van der Waals surface area contributed by atoms with Gasteiger partial charge < -0.3 is 4.90 Å². The predicted octanol–water partition coefficient (Wildman–Crippen LogP) is 1.04. The molecule has 0 aromatic carbocycles. The van der Waals surface area contributed by atoms with Crippen LogP contribution in [0, 0.1) is 11.8 Å². The number of likely N-dealkylation sites (tertiary alicyclic amines) is 1. The van der Waals surface area contributed by atoms with Crippen LogP contribution >= 0.6 is 0 Å². The number of hydrogen-bond acceptors (Lipinski definition) is 1. The van der Waals surface area contributed by atoms with E-state index in [-0.39, 0.29) is 5.92 Å². The Bertz CT molecular complexity index is 220. The highest BCUT2D eigenvalue weighted by molar-refractivity contribution is 5.90. The lowest BCUT2D eigenvalue weighted by Crippen LogP contribution is -2.63. The predicted molar refractivity (Wildman–Crippen MR) is 43.0 cm³/mol. The summed E-state index contributed by atoms with van der Waals surface area (Å²) in [5, 5.41) is 0. The SMILES string of the molecule is CC(C)CN1C(=O)[C@@H]2C=C[C@H]21. The van der Waals surface area contributed by atoms with E-state index in [1.54, 1.807) is 0 Å². The number of carbonyl (C=O) groups excluding carboxylic acids is 1. The standard InChI is InChI=1S/C9H13NO/c1-6(2)5-10-8-4-3-7(8)9(10)11/h3-4,6-8H,5H2,1-2H3/t7-,8-/m1/s1. The summed E-state index contributed by atoms with van der Waals surface area (Å²) in [5.41, 5.74) is 0. The van der Waals surface area contributed by atoms with Crippen molar-refractivity contribution in [3.05, 3.63) is 12.2 Å². The van der Waals surface area contributed by atoms with Gasteiger partial charge in [0.25, 0.3) is 0 Å². The molecule has 2 rings (SSSR count). The van der Waals surface area contributed by atoms with E-state index in [0.29, 0.717) is 17.9 Å². The zero-order valence-corrected chi connectivity index (χ0v) is 6.95. The van der Waals surface area contributed by atoms with Crippen LogP contribution in [0.3, 0.4) is 0 Å². The maximum absolute atomic E-state index is 11.2. The minimum Gasteiger partial charge on any atom is -0.334 e. The summed E-state index contributed by atoms with van der Waals surface area (Å²) in [5.74, 6) is 1.17. The number of nitrogens with zero attached hydrogens (tertiary/aromatic N) is 1. The molecule has 0 saturated carbocycles. The minimum absolute atomic E-state index is 0.258. The van der Waals surface area contributed by atoms with E-state index >= 15 is 0 Å². The minimum atomic E-state index is 0.258. The highest BCUT2D eigenvalue weighted by Gasteiger charge is 2.48. The second kappa shape index (κ2) is 2.10. The average molecular weight is 151 g/mol. The van der Waals surface area contributed by atoms with E-state index in [2.05, 4.69) is 19.9 Å². The summed E-state index contributed by atoms with van der Waals surface area (Å²) >= 11 is 0. The molecule has 2 heteroatoms. The average Bonchev–Trinajstić information content (AvgIpc) is 1.83. The summed E-state index contributed by atoms with van der Waals surface area (Å²) in [6.45, 7) is 5.20. The van der Waals surface area contributed by atoms with Crippen molar-refractivity contribution in [2.75, 3.05) is 6.54 Å². The fourth-order valence-corrected chi connectivity index (χ4v) is 1.71. The Balaban J connectivity index is 1.97. The molecule has 2 atom stereocenters. The Kier molecular flexibility index (Phi) is 1.31. The molecule has 1 saturated heterocycles. The molecular weight excluding hydrogens is 138 g/mol. The van der Waals surface area contributed by atoms with Crippen LogP contribution in [0.2, 0.25) is 0 Å². The van der Waals surface area contributed by atoms with Crippen molar-refractivity contribution in [3.63, 3.8) is 0 Å². The Hall–Kier alpha value is -0.790. The molecule has 2 nitrogen and oxygen atoms in total. The van der Waals surface area contributed by atoms with E-state index < -0.39 is 0 Å². The number of carbonyl (C=O) groups is 1. The lowest BCUT2D eigenvalue weighted by Gasteiger charge is -2.50. The van der Waals surface area contributed by atoms with E-state index in [0.717, 1.165) is 6.54 Å². The molecule has 0 aromatic heterocycles. The molecule has 0 radical (unpaired) electrons. The molecular formula is C9H13NO. The Morgan fingerprint density at radius 3 is 2.64 bits per heavy atom. The number of β-lactam (4-membered cyclic amide) rings is 1. The van der Waals surface area contributed by atoms with Gasteiger partial charge in [-0.25, -0.2) is 0 Å². The fourth-order valence-electron chi connectivity index (χ4n) is 1.71. The quantitative estimate of drug-likeness (QED) is 0.426. The van der Waals surface area contributed by atoms with Crippen molar-refractivity contribution >= 4 is 5.91 Å². The maximum atomic E-state index is 11.2. The van der Waals surface area contributed by atoms with Crippen LogP contribution in [0.1, 0.15) is 13.8 Å². The van der Waals surface area contributed by atoms with Crippen LogP contribution in [-0.4, -0.2) is 23.4 Å². The van der Waals surface area contributed by atoms with Crippen LogP contribution in [-0.2, 0) is 4.79 Å². The molecule has 11 heavy (non-hydrogen) atoms. The van der Waals surface area contributed by atoms with Gasteiger partial charge in [-0.1, -0.05) is 26.0 Å². The second-order valence-corrected chi connectivity index (χ2v) is 3.79. The highest BCUT2D eigenvalue weighted by Crippen LogP contribution is 2.36. The summed E-state index contributed by atoms with van der Waals surface area (Å²) < 4.78 is 0. The van der Waals surface area contributed by atoms with Crippen molar-refractivity contribution in [2.24, 2.45) is 11.8 Å². The highest BCUT2D eigenvalue weighted by atomic mass is 16.2. The lowest BCUT2D eigenvalue weighted by molar-refractivity contribution is -0.152. The molecule has 1 heterocycles. The molecule has 1 amide bonds. The van der Waals surface area contributed by atoms with E-state index in [1.165, 1.54) is 0 Å². The Morgan fingerprint density at radius 2 is 2.27 bits per heavy atom. The van der Waals surface area contributed by atoms with Gasteiger partial charge in [0.15, 0.2) is 0 Å².